The van der Waals surface area contributed by atoms with E-state index in [1.54, 1.807) is 6.08 Å². The summed E-state index contributed by atoms with van der Waals surface area (Å²) in [4.78, 5) is 17.9. The molecule has 2 fully saturated rings. The topological polar surface area (TPSA) is 101 Å². The number of benzene rings is 1. The van der Waals surface area contributed by atoms with Crippen LogP contribution in [0.2, 0.25) is 0 Å². The number of rotatable bonds is 7. The van der Waals surface area contributed by atoms with E-state index in [9.17, 15) is 8.42 Å². The van der Waals surface area contributed by atoms with Gasteiger partial charge in [0.2, 0.25) is 21.9 Å². The Bertz CT molecular complexity index is 971. The molecule has 0 aliphatic carbocycles. The molecule has 9 nitrogen and oxygen atoms in total. The van der Waals surface area contributed by atoms with E-state index in [2.05, 4.69) is 29.5 Å². The number of anilines is 2. The van der Waals surface area contributed by atoms with Gasteiger partial charge in [0.05, 0.1) is 19.8 Å². The van der Waals surface area contributed by atoms with E-state index in [-0.39, 0.29) is 6.54 Å². The van der Waals surface area contributed by atoms with Gasteiger partial charge in [0.15, 0.2) is 5.82 Å². The Balaban J connectivity index is 1.50. The molecule has 160 valence electrons. The Morgan fingerprint density at radius 1 is 0.933 bits per heavy atom. The second-order valence-electron chi connectivity index (χ2n) is 7.22. The molecule has 2 aliphatic rings. The summed E-state index contributed by atoms with van der Waals surface area (Å²) in [6, 6.07) is 9.29. The van der Waals surface area contributed by atoms with Crippen LogP contribution in [0.15, 0.2) is 35.7 Å². The van der Waals surface area contributed by atoms with E-state index in [1.165, 1.54) is 0 Å². The fraction of sp³-hybridized carbons (Fsp3) is 0.450. The summed E-state index contributed by atoms with van der Waals surface area (Å²) in [7, 11) is -3.63. The first kappa shape index (κ1) is 20.7. The minimum atomic E-state index is -3.63. The summed E-state index contributed by atoms with van der Waals surface area (Å²) >= 11 is 0. The number of ether oxygens (including phenoxy) is 1. The average molecular weight is 431 g/mol. The lowest BCUT2D eigenvalue weighted by Gasteiger charge is -2.28. The van der Waals surface area contributed by atoms with Crippen molar-refractivity contribution in [2.45, 2.75) is 19.4 Å². The summed E-state index contributed by atoms with van der Waals surface area (Å²) in [6.45, 7) is 4.45. The fourth-order valence-corrected chi connectivity index (χ4v) is 4.15. The van der Waals surface area contributed by atoms with Crippen LogP contribution in [-0.2, 0) is 21.3 Å². The molecule has 3 heterocycles. The molecule has 0 spiro atoms. The van der Waals surface area contributed by atoms with Gasteiger partial charge in [-0.15, -0.1) is 0 Å². The number of hydrogen-bond donors (Lipinski definition) is 1. The highest BCUT2D eigenvalue weighted by atomic mass is 32.2. The smallest absolute Gasteiger partial charge is 0.234 e. The molecule has 0 unspecified atom stereocenters. The van der Waals surface area contributed by atoms with Crippen molar-refractivity contribution >= 4 is 28.0 Å². The molecule has 4 rings (SSSR count). The highest BCUT2D eigenvalue weighted by Gasteiger charge is 2.21. The van der Waals surface area contributed by atoms with Crippen molar-refractivity contribution in [2.24, 2.45) is 0 Å². The predicted octanol–water partition coefficient (Wildman–Crippen LogP) is 1.40. The third-order valence-electron chi connectivity index (χ3n) is 5.01. The number of nitrogens with zero attached hydrogens (tertiary/aromatic N) is 5. The Hall–Kier alpha value is -2.56. The molecule has 10 heteroatoms. The molecule has 2 aliphatic heterocycles. The molecule has 0 amide bonds. The van der Waals surface area contributed by atoms with E-state index in [1.807, 2.05) is 30.3 Å². The molecule has 1 N–H and O–H groups in total. The Morgan fingerprint density at radius 2 is 1.57 bits per heavy atom. The Kier molecular flexibility index (Phi) is 6.56. The number of aromatic nitrogens is 3. The third-order valence-corrected chi connectivity index (χ3v) is 6.05. The van der Waals surface area contributed by atoms with E-state index >= 15 is 0 Å². The van der Waals surface area contributed by atoms with Gasteiger partial charge >= 0.3 is 0 Å². The first-order chi connectivity index (χ1) is 14.6. The molecule has 0 saturated carbocycles. The first-order valence-corrected chi connectivity index (χ1v) is 11.7. The average Bonchev–Trinajstić information content (AvgIpc) is 3.33. The standard InChI is InChI=1S/C20H26N6O3S/c27-30(28,15-8-17-6-2-1-3-7-17)21-16-18-22-19(25-9-4-5-10-25)24-20(23-18)26-11-13-29-14-12-26/h1-3,6-8,15,21H,4-5,9-14,16H2/b15-8+. The number of morpholine rings is 1. The quantitative estimate of drug-likeness (QED) is 0.704. The molecule has 2 saturated heterocycles. The molecular weight excluding hydrogens is 404 g/mol. The summed E-state index contributed by atoms with van der Waals surface area (Å²) in [6.07, 6.45) is 3.76. The van der Waals surface area contributed by atoms with Crippen LogP contribution in [0.4, 0.5) is 11.9 Å². The van der Waals surface area contributed by atoms with E-state index < -0.39 is 10.0 Å². The van der Waals surface area contributed by atoms with Crippen molar-refractivity contribution in [1.29, 1.82) is 0 Å². The number of sulfonamides is 1. The summed E-state index contributed by atoms with van der Waals surface area (Å²) in [5, 5.41) is 1.16. The van der Waals surface area contributed by atoms with Crippen molar-refractivity contribution in [1.82, 2.24) is 19.7 Å². The summed E-state index contributed by atoms with van der Waals surface area (Å²) < 4.78 is 32.8. The maximum Gasteiger partial charge on any atom is 0.234 e. The molecule has 0 bridgehead atoms. The van der Waals surface area contributed by atoms with Crippen LogP contribution in [-0.4, -0.2) is 62.8 Å². The zero-order chi connectivity index (χ0) is 20.8. The fourth-order valence-electron chi connectivity index (χ4n) is 3.38. The van der Waals surface area contributed by atoms with Crippen molar-refractivity contribution in [3.63, 3.8) is 0 Å². The zero-order valence-electron chi connectivity index (χ0n) is 16.8. The third kappa shape index (κ3) is 5.53. The van der Waals surface area contributed by atoms with Crippen LogP contribution in [0.1, 0.15) is 24.2 Å². The van der Waals surface area contributed by atoms with Crippen LogP contribution < -0.4 is 14.5 Å². The van der Waals surface area contributed by atoms with Gasteiger partial charge < -0.3 is 14.5 Å². The van der Waals surface area contributed by atoms with Crippen LogP contribution in [0.25, 0.3) is 6.08 Å². The largest absolute Gasteiger partial charge is 0.378 e. The van der Waals surface area contributed by atoms with Gasteiger partial charge in [0.1, 0.15) is 0 Å². The molecule has 0 atom stereocenters. The lowest BCUT2D eigenvalue weighted by molar-refractivity contribution is 0.122. The van der Waals surface area contributed by atoms with Gasteiger partial charge in [-0.2, -0.15) is 15.0 Å². The SMILES string of the molecule is O=S(=O)(/C=C/c1ccccc1)NCc1nc(N2CCCC2)nc(N2CCOCC2)n1. The van der Waals surface area contributed by atoms with E-state index in [0.29, 0.717) is 44.0 Å². The van der Waals surface area contributed by atoms with Crippen molar-refractivity contribution in [2.75, 3.05) is 49.2 Å². The minimum absolute atomic E-state index is 0.00215. The number of nitrogens with one attached hydrogen (secondary N) is 1. The highest BCUT2D eigenvalue weighted by molar-refractivity contribution is 7.92. The lowest BCUT2D eigenvalue weighted by Crippen LogP contribution is -2.38. The van der Waals surface area contributed by atoms with Gasteiger partial charge in [0.25, 0.3) is 0 Å². The maximum atomic E-state index is 12.4. The first-order valence-electron chi connectivity index (χ1n) is 10.1. The number of hydrogen-bond acceptors (Lipinski definition) is 8. The van der Waals surface area contributed by atoms with Gasteiger partial charge in [-0.05, 0) is 24.5 Å². The van der Waals surface area contributed by atoms with Gasteiger partial charge in [0, 0.05) is 31.6 Å². The maximum absolute atomic E-state index is 12.4. The Morgan fingerprint density at radius 3 is 2.23 bits per heavy atom. The molecule has 1 aromatic carbocycles. The highest BCUT2D eigenvalue weighted by Crippen LogP contribution is 2.19. The molecular formula is C20H26N6O3S. The van der Waals surface area contributed by atoms with Crippen molar-refractivity contribution in [3.8, 4) is 0 Å². The minimum Gasteiger partial charge on any atom is -0.378 e. The van der Waals surface area contributed by atoms with E-state index in [4.69, 9.17) is 4.74 Å². The van der Waals surface area contributed by atoms with Crippen molar-refractivity contribution < 1.29 is 13.2 Å². The molecule has 30 heavy (non-hydrogen) atoms. The Labute approximate surface area is 176 Å². The molecule has 0 radical (unpaired) electrons. The molecule has 1 aromatic heterocycles. The second-order valence-corrected chi connectivity index (χ2v) is 8.88. The second kappa shape index (κ2) is 9.50. The normalized spacial score (nSPS) is 17.7. The van der Waals surface area contributed by atoms with Crippen LogP contribution >= 0.6 is 0 Å². The van der Waals surface area contributed by atoms with Crippen molar-refractivity contribution in [3.05, 3.63) is 47.1 Å². The summed E-state index contributed by atoms with van der Waals surface area (Å²) in [5.74, 6) is 1.59. The molecule has 2 aromatic rings. The predicted molar refractivity (Wildman–Crippen MR) is 116 cm³/mol. The van der Waals surface area contributed by atoms with Crippen LogP contribution in [0, 0.1) is 0 Å². The lowest BCUT2D eigenvalue weighted by atomic mass is 10.2. The van der Waals surface area contributed by atoms with Gasteiger partial charge in [-0.1, -0.05) is 30.3 Å². The van der Waals surface area contributed by atoms with E-state index in [0.717, 1.165) is 36.9 Å². The van der Waals surface area contributed by atoms with Gasteiger partial charge in [-0.25, -0.2) is 13.1 Å². The summed E-state index contributed by atoms with van der Waals surface area (Å²) in [5.41, 5.74) is 0.814. The van der Waals surface area contributed by atoms with Gasteiger partial charge in [-0.3, -0.25) is 0 Å². The van der Waals surface area contributed by atoms with Crippen LogP contribution in [0.5, 0.6) is 0 Å². The van der Waals surface area contributed by atoms with Crippen LogP contribution in [0.3, 0.4) is 0 Å². The monoisotopic (exact) mass is 430 g/mol. The zero-order valence-corrected chi connectivity index (χ0v) is 17.6.